The molecule has 3 rings (SSSR count). The maximum Gasteiger partial charge on any atom is 0.412 e. The molecule has 1 fully saturated rings. The number of esters is 1. The van der Waals surface area contributed by atoms with Gasteiger partial charge in [-0.1, -0.05) is 56.3 Å². The molecule has 31 heavy (non-hydrogen) atoms. The smallest absolute Gasteiger partial charge is 0.412 e. The van der Waals surface area contributed by atoms with Gasteiger partial charge < -0.3 is 18.9 Å². The van der Waals surface area contributed by atoms with E-state index in [-0.39, 0.29) is 12.5 Å². The van der Waals surface area contributed by atoms with Crippen molar-refractivity contribution < 1.29 is 28.5 Å². The first-order chi connectivity index (χ1) is 14.9. The van der Waals surface area contributed by atoms with Crippen LogP contribution in [-0.2, 0) is 25.6 Å². The third-order valence-electron chi connectivity index (χ3n) is 5.20. The van der Waals surface area contributed by atoms with Gasteiger partial charge in [0.25, 0.3) is 0 Å². The fourth-order valence-corrected chi connectivity index (χ4v) is 3.70. The van der Waals surface area contributed by atoms with E-state index in [1.165, 1.54) is 12.0 Å². The molecule has 0 aliphatic carbocycles. The standard InChI is InChI=1S/C24H29NO6/c1-16(2)14-20-21(23(26)29-4)31-22(18-10-12-19(28-3)13-11-18)25(20)24(27)30-15-17-8-6-5-7-9-17/h5-13,16,20-22H,14-15H2,1-4H3/t20-,21?,22?/m0/s1. The molecule has 2 aromatic rings. The highest BCUT2D eigenvalue weighted by molar-refractivity contribution is 5.78. The van der Waals surface area contributed by atoms with Crippen molar-refractivity contribution in [3.63, 3.8) is 0 Å². The average Bonchev–Trinajstić information content (AvgIpc) is 3.16. The van der Waals surface area contributed by atoms with Crippen LogP contribution in [0.1, 0.15) is 37.6 Å². The Morgan fingerprint density at radius 1 is 1.03 bits per heavy atom. The van der Waals surface area contributed by atoms with Crippen molar-refractivity contribution in [2.75, 3.05) is 14.2 Å². The molecular weight excluding hydrogens is 398 g/mol. The van der Waals surface area contributed by atoms with Crippen LogP contribution >= 0.6 is 0 Å². The van der Waals surface area contributed by atoms with E-state index < -0.39 is 30.4 Å². The van der Waals surface area contributed by atoms with Crippen molar-refractivity contribution in [1.29, 1.82) is 0 Å². The molecule has 166 valence electrons. The van der Waals surface area contributed by atoms with Crippen LogP contribution < -0.4 is 4.74 Å². The van der Waals surface area contributed by atoms with Crippen LogP contribution in [0.25, 0.3) is 0 Å². The SMILES string of the molecule is COC(=O)C1OC(c2ccc(OC)cc2)N(C(=O)OCc2ccccc2)[C@H]1CC(C)C. The highest BCUT2D eigenvalue weighted by atomic mass is 16.6. The summed E-state index contributed by atoms with van der Waals surface area (Å²) in [6, 6.07) is 16.1. The molecule has 2 aromatic carbocycles. The van der Waals surface area contributed by atoms with E-state index in [0.29, 0.717) is 12.2 Å². The zero-order valence-corrected chi connectivity index (χ0v) is 18.3. The van der Waals surface area contributed by atoms with Crippen molar-refractivity contribution in [3.05, 3.63) is 65.7 Å². The van der Waals surface area contributed by atoms with Crippen LogP contribution in [0.3, 0.4) is 0 Å². The number of rotatable bonds is 7. The molecule has 1 heterocycles. The molecule has 0 bridgehead atoms. The zero-order chi connectivity index (χ0) is 22.4. The molecule has 1 amide bonds. The van der Waals surface area contributed by atoms with Gasteiger partial charge in [0.2, 0.25) is 0 Å². The maximum atomic E-state index is 13.2. The van der Waals surface area contributed by atoms with E-state index in [9.17, 15) is 9.59 Å². The lowest BCUT2D eigenvalue weighted by atomic mass is 9.98. The van der Waals surface area contributed by atoms with Gasteiger partial charge in [0.1, 0.15) is 12.4 Å². The summed E-state index contributed by atoms with van der Waals surface area (Å²) in [4.78, 5) is 27.2. The Bertz CT molecular complexity index is 867. The fraction of sp³-hybridized carbons (Fsp3) is 0.417. The van der Waals surface area contributed by atoms with Crippen LogP contribution in [-0.4, -0.2) is 43.3 Å². The summed E-state index contributed by atoms with van der Waals surface area (Å²) in [6.45, 7) is 4.19. The quantitative estimate of drug-likeness (QED) is 0.613. The molecule has 0 saturated carbocycles. The van der Waals surface area contributed by atoms with Gasteiger partial charge in [0.15, 0.2) is 12.3 Å². The predicted octanol–water partition coefficient (Wildman–Crippen LogP) is 4.32. The van der Waals surface area contributed by atoms with Gasteiger partial charge in [-0.2, -0.15) is 0 Å². The molecule has 1 aliphatic heterocycles. The number of carbonyl (C=O) groups excluding carboxylic acids is 2. The highest BCUT2D eigenvalue weighted by Gasteiger charge is 2.50. The molecule has 0 N–H and O–H groups in total. The summed E-state index contributed by atoms with van der Waals surface area (Å²) >= 11 is 0. The summed E-state index contributed by atoms with van der Waals surface area (Å²) in [5.74, 6) is 0.394. The number of amides is 1. The first-order valence-electron chi connectivity index (χ1n) is 10.3. The fourth-order valence-electron chi connectivity index (χ4n) is 3.70. The van der Waals surface area contributed by atoms with E-state index in [1.54, 1.807) is 19.2 Å². The minimum Gasteiger partial charge on any atom is -0.497 e. The van der Waals surface area contributed by atoms with E-state index in [4.69, 9.17) is 18.9 Å². The normalized spacial score (nSPS) is 20.5. The lowest BCUT2D eigenvalue weighted by Crippen LogP contribution is -2.44. The Balaban J connectivity index is 1.91. The van der Waals surface area contributed by atoms with E-state index in [0.717, 1.165) is 11.1 Å². The maximum absolute atomic E-state index is 13.2. The number of carbonyl (C=O) groups is 2. The van der Waals surface area contributed by atoms with Crippen LogP contribution in [0.4, 0.5) is 4.79 Å². The van der Waals surface area contributed by atoms with Gasteiger partial charge in [0.05, 0.1) is 20.3 Å². The van der Waals surface area contributed by atoms with Gasteiger partial charge in [-0.25, -0.2) is 9.59 Å². The van der Waals surface area contributed by atoms with Crippen LogP contribution in [0.2, 0.25) is 0 Å². The molecule has 1 saturated heterocycles. The van der Waals surface area contributed by atoms with Crippen molar-refractivity contribution in [2.24, 2.45) is 5.92 Å². The Kier molecular flexibility index (Phi) is 7.52. The van der Waals surface area contributed by atoms with E-state index in [2.05, 4.69) is 0 Å². The average molecular weight is 427 g/mol. The van der Waals surface area contributed by atoms with Crippen molar-refractivity contribution in [3.8, 4) is 5.75 Å². The van der Waals surface area contributed by atoms with Crippen LogP contribution in [0.5, 0.6) is 5.75 Å². The minimum absolute atomic E-state index is 0.128. The Morgan fingerprint density at radius 3 is 2.29 bits per heavy atom. The van der Waals surface area contributed by atoms with Gasteiger partial charge in [-0.05, 0) is 30.0 Å². The highest BCUT2D eigenvalue weighted by Crippen LogP contribution is 2.39. The summed E-state index contributed by atoms with van der Waals surface area (Å²) in [6.07, 6.45) is -1.65. The third kappa shape index (κ3) is 5.35. The lowest BCUT2D eigenvalue weighted by molar-refractivity contribution is -0.154. The van der Waals surface area contributed by atoms with Crippen molar-refractivity contribution in [2.45, 2.75) is 45.2 Å². The molecule has 7 heteroatoms. The minimum atomic E-state index is -0.899. The molecule has 7 nitrogen and oxygen atoms in total. The van der Waals surface area contributed by atoms with Gasteiger partial charge in [-0.15, -0.1) is 0 Å². The molecular formula is C24H29NO6. The summed E-state index contributed by atoms with van der Waals surface area (Å²) in [5.41, 5.74) is 1.60. The summed E-state index contributed by atoms with van der Waals surface area (Å²) in [5, 5.41) is 0. The first-order valence-corrected chi connectivity index (χ1v) is 10.3. The Labute approximate surface area is 182 Å². The second-order valence-corrected chi connectivity index (χ2v) is 7.85. The first kappa shape index (κ1) is 22.6. The van der Waals surface area contributed by atoms with Crippen molar-refractivity contribution in [1.82, 2.24) is 4.90 Å². The monoisotopic (exact) mass is 427 g/mol. The summed E-state index contributed by atoms with van der Waals surface area (Å²) in [7, 11) is 2.90. The zero-order valence-electron chi connectivity index (χ0n) is 18.3. The molecule has 1 aliphatic rings. The largest absolute Gasteiger partial charge is 0.497 e. The third-order valence-corrected chi connectivity index (χ3v) is 5.20. The number of benzene rings is 2. The van der Waals surface area contributed by atoms with Crippen LogP contribution in [0.15, 0.2) is 54.6 Å². The molecule has 2 unspecified atom stereocenters. The number of hydrogen-bond acceptors (Lipinski definition) is 6. The molecule has 0 spiro atoms. The van der Waals surface area contributed by atoms with E-state index in [1.807, 2.05) is 56.3 Å². The summed E-state index contributed by atoms with van der Waals surface area (Å²) < 4.78 is 21.9. The Hall–Kier alpha value is -3.06. The molecule has 0 radical (unpaired) electrons. The molecule has 0 aromatic heterocycles. The van der Waals surface area contributed by atoms with E-state index >= 15 is 0 Å². The van der Waals surface area contributed by atoms with Crippen molar-refractivity contribution >= 4 is 12.1 Å². The molecule has 3 atom stereocenters. The Morgan fingerprint density at radius 2 is 1.71 bits per heavy atom. The van der Waals surface area contributed by atoms with Gasteiger partial charge in [-0.3, -0.25) is 4.90 Å². The lowest BCUT2D eigenvalue weighted by Gasteiger charge is -2.29. The topological polar surface area (TPSA) is 74.3 Å². The second kappa shape index (κ2) is 10.3. The predicted molar refractivity (Wildman–Crippen MR) is 114 cm³/mol. The number of methoxy groups -OCH3 is 2. The number of ether oxygens (including phenoxy) is 4. The number of hydrogen-bond donors (Lipinski definition) is 0. The van der Waals surface area contributed by atoms with Gasteiger partial charge >= 0.3 is 12.1 Å². The number of nitrogens with zero attached hydrogens (tertiary/aromatic N) is 1. The second-order valence-electron chi connectivity index (χ2n) is 7.85. The van der Waals surface area contributed by atoms with Crippen LogP contribution in [0, 0.1) is 5.92 Å². The van der Waals surface area contributed by atoms with Gasteiger partial charge in [0, 0.05) is 5.56 Å².